The van der Waals surface area contributed by atoms with Crippen LogP contribution in [0.3, 0.4) is 0 Å². The number of hydrogen-bond acceptors (Lipinski definition) is 1. The van der Waals surface area contributed by atoms with Crippen molar-refractivity contribution in [2.75, 3.05) is 0 Å². The molecule has 0 aliphatic heterocycles. The van der Waals surface area contributed by atoms with E-state index in [4.69, 9.17) is 7.85 Å². The molecule has 0 saturated carbocycles. The molecule has 0 fully saturated rings. The highest BCUT2D eigenvalue weighted by Crippen LogP contribution is 2.35. The average Bonchev–Trinajstić information content (AvgIpc) is 2.38. The standard InChI is InChI=1S/C13H6BF5O/c14-9-4-2-1-3-8(9)7-5-10(15)12(11(16)6-7)13(17,18)20-19/h1-6H. The van der Waals surface area contributed by atoms with Gasteiger partial charge in [0.1, 0.15) is 25.0 Å². The monoisotopic (exact) mass is 284 g/mol. The SMILES string of the molecule is [B]c1ccccc1-c1cc(F)c(C(F)(F)OF)c(F)c1. The summed E-state index contributed by atoms with van der Waals surface area (Å²) in [5.74, 6) is -3.27. The zero-order valence-electron chi connectivity index (χ0n) is 9.84. The summed E-state index contributed by atoms with van der Waals surface area (Å²) < 4.78 is 64.7. The molecule has 0 spiro atoms. The van der Waals surface area contributed by atoms with Gasteiger partial charge in [0.15, 0.2) is 0 Å². The first-order valence-corrected chi connectivity index (χ1v) is 5.39. The van der Waals surface area contributed by atoms with Crippen molar-refractivity contribution in [3.8, 4) is 11.1 Å². The first-order chi connectivity index (χ1) is 9.36. The van der Waals surface area contributed by atoms with Crippen LogP contribution < -0.4 is 5.46 Å². The third-order valence-corrected chi connectivity index (χ3v) is 2.70. The molecule has 0 aromatic heterocycles. The minimum absolute atomic E-state index is 0.0449. The van der Waals surface area contributed by atoms with Crippen LogP contribution in [-0.2, 0) is 11.1 Å². The van der Waals surface area contributed by atoms with Gasteiger partial charge in [-0.3, -0.25) is 0 Å². The summed E-state index contributed by atoms with van der Waals surface area (Å²) >= 11 is 0. The van der Waals surface area contributed by atoms with E-state index in [1.54, 1.807) is 12.1 Å². The second kappa shape index (κ2) is 5.24. The maximum Gasteiger partial charge on any atom is 0.418 e. The van der Waals surface area contributed by atoms with E-state index in [2.05, 4.69) is 4.94 Å². The zero-order chi connectivity index (χ0) is 14.9. The molecular weight excluding hydrogens is 278 g/mol. The molecule has 20 heavy (non-hydrogen) atoms. The van der Waals surface area contributed by atoms with Gasteiger partial charge >= 0.3 is 6.11 Å². The zero-order valence-corrected chi connectivity index (χ0v) is 9.84. The number of benzene rings is 2. The largest absolute Gasteiger partial charge is 0.418 e. The van der Waals surface area contributed by atoms with Crippen molar-refractivity contribution in [2.24, 2.45) is 0 Å². The van der Waals surface area contributed by atoms with E-state index in [0.29, 0.717) is 12.1 Å². The fourth-order valence-electron chi connectivity index (χ4n) is 1.81. The van der Waals surface area contributed by atoms with Crippen LogP contribution in [0.5, 0.6) is 0 Å². The van der Waals surface area contributed by atoms with Crippen LogP contribution in [0.1, 0.15) is 5.56 Å². The van der Waals surface area contributed by atoms with Crippen molar-refractivity contribution < 1.29 is 27.0 Å². The molecule has 0 unspecified atom stereocenters. The summed E-state index contributed by atoms with van der Waals surface area (Å²) in [5.41, 5.74) is -1.36. The summed E-state index contributed by atoms with van der Waals surface area (Å²) in [5, 5.41) is 0. The molecule has 0 saturated heterocycles. The van der Waals surface area contributed by atoms with Crippen molar-refractivity contribution in [3.63, 3.8) is 0 Å². The van der Waals surface area contributed by atoms with Crippen molar-refractivity contribution in [3.05, 3.63) is 53.6 Å². The molecule has 0 bridgehead atoms. The number of halogens is 5. The molecule has 1 nitrogen and oxygen atoms in total. The highest BCUT2D eigenvalue weighted by Gasteiger charge is 2.41. The summed E-state index contributed by atoms with van der Waals surface area (Å²) in [6, 6.07) is 7.39. The van der Waals surface area contributed by atoms with Crippen molar-refractivity contribution in [2.45, 2.75) is 6.11 Å². The summed E-state index contributed by atoms with van der Waals surface area (Å²) in [7, 11) is 5.63. The lowest BCUT2D eigenvalue weighted by molar-refractivity contribution is -0.366. The van der Waals surface area contributed by atoms with Crippen LogP contribution in [0.25, 0.3) is 11.1 Å². The van der Waals surface area contributed by atoms with E-state index < -0.39 is 23.3 Å². The molecule has 2 aromatic rings. The highest BCUT2D eigenvalue weighted by molar-refractivity contribution is 6.35. The second-order valence-electron chi connectivity index (χ2n) is 4.00. The van der Waals surface area contributed by atoms with E-state index in [1.807, 2.05) is 0 Å². The molecule has 7 heteroatoms. The Morgan fingerprint density at radius 1 is 1.00 bits per heavy atom. The Morgan fingerprint density at radius 3 is 2.05 bits per heavy atom. The second-order valence-corrected chi connectivity index (χ2v) is 4.00. The van der Waals surface area contributed by atoms with Crippen LogP contribution in [0.15, 0.2) is 36.4 Å². The Bertz CT molecular complexity index is 621. The number of hydrogen-bond donors (Lipinski definition) is 0. The van der Waals surface area contributed by atoms with Gasteiger partial charge in [0.25, 0.3) is 0 Å². The van der Waals surface area contributed by atoms with Crippen LogP contribution in [0.2, 0.25) is 0 Å². The van der Waals surface area contributed by atoms with E-state index in [-0.39, 0.29) is 16.6 Å². The minimum Gasteiger partial charge on any atom is -0.206 e. The van der Waals surface area contributed by atoms with Crippen molar-refractivity contribution in [1.29, 1.82) is 0 Å². The van der Waals surface area contributed by atoms with Gasteiger partial charge in [-0.2, -0.15) is 8.78 Å². The third kappa shape index (κ3) is 2.53. The summed E-state index contributed by atoms with van der Waals surface area (Å²) in [4.78, 5) is 2.32. The highest BCUT2D eigenvalue weighted by atomic mass is 19.4. The van der Waals surface area contributed by atoms with E-state index in [0.717, 1.165) is 0 Å². The lowest BCUT2D eigenvalue weighted by atomic mass is 9.87. The number of rotatable bonds is 3. The van der Waals surface area contributed by atoms with Crippen LogP contribution in [0, 0.1) is 11.6 Å². The smallest absolute Gasteiger partial charge is 0.206 e. The maximum atomic E-state index is 13.6. The third-order valence-electron chi connectivity index (χ3n) is 2.70. The molecule has 2 aromatic carbocycles. The van der Waals surface area contributed by atoms with Gasteiger partial charge in [-0.15, -0.1) is 4.94 Å². The Morgan fingerprint density at radius 2 is 1.55 bits per heavy atom. The fourth-order valence-corrected chi connectivity index (χ4v) is 1.81. The predicted molar refractivity (Wildman–Crippen MR) is 63.3 cm³/mol. The maximum absolute atomic E-state index is 13.6. The Labute approximate surface area is 112 Å². The Kier molecular flexibility index (Phi) is 3.81. The van der Waals surface area contributed by atoms with Gasteiger partial charge in [-0.1, -0.05) is 29.7 Å². The summed E-state index contributed by atoms with van der Waals surface area (Å²) in [6.07, 6.45) is -4.70. The van der Waals surface area contributed by atoms with Gasteiger partial charge in [0.05, 0.1) is 0 Å². The normalized spacial score (nSPS) is 11.7. The molecular formula is C13H6BF5O. The summed E-state index contributed by atoms with van der Waals surface area (Å²) in [6.45, 7) is 0. The molecule has 2 radical (unpaired) electrons. The van der Waals surface area contributed by atoms with E-state index in [1.165, 1.54) is 12.1 Å². The molecule has 0 amide bonds. The van der Waals surface area contributed by atoms with Gasteiger partial charge < -0.3 is 0 Å². The van der Waals surface area contributed by atoms with Crippen LogP contribution in [0.4, 0.5) is 22.1 Å². The Balaban J connectivity index is 2.60. The van der Waals surface area contributed by atoms with E-state index in [9.17, 15) is 22.1 Å². The van der Waals surface area contributed by atoms with Crippen LogP contribution in [-0.4, -0.2) is 7.85 Å². The molecule has 0 heterocycles. The predicted octanol–water partition coefficient (Wildman–Crippen LogP) is 3.38. The number of alkyl halides is 2. The topological polar surface area (TPSA) is 9.23 Å². The first-order valence-electron chi connectivity index (χ1n) is 5.39. The average molecular weight is 284 g/mol. The molecule has 0 aliphatic rings. The van der Waals surface area contributed by atoms with Gasteiger partial charge in [0.2, 0.25) is 0 Å². The quantitative estimate of drug-likeness (QED) is 0.620. The Hall–Kier alpha value is -1.89. The van der Waals surface area contributed by atoms with Gasteiger partial charge in [0, 0.05) is 0 Å². The molecule has 2 rings (SSSR count). The fraction of sp³-hybridized carbons (Fsp3) is 0.0769. The molecule has 0 atom stereocenters. The lowest BCUT2D eigenvalue weighted by Gasteiger charge is -2.14. The lowest BCUT2D eigenvalue weighted by Crippen LogP contribution is -2.18. The van der Waals surface area contributed by atoms with Gasteiger partial charge in [-0.25, -0.2) is 8.78 Å². The molecule has 102 valence electrons. The van der Waals surface area contributed by atoms with Crippen molar-refractivity contribution >= 4 is 13.3 Å². The minimum atomic E-state index is -4.70. The first kappa shape index (κ1) is 14.5. The van der Waals surface area contributed by atoms with E-state index >= 15 is 0 Å². The van der Waals surface area contributed by atoms with Crippen molar-refractivity contribution in [1.82, 2.24) is 0 Å². The molecule has 0 N–H and O–H groups in total. The van der Waals surface area contributed by atoms with Crippen LogP contribution >= 0.6 is 0 Å². The molecule has 0 aliphatic carbocycles. The van der Waals surface area contributed by atoms with Gasteiger partial charge in [-0.05, 0) is 27.8 Å².